The molecule has 2 aromatic carbocycles. The third-order valence-corrected chi connectivity index (χ3v) is 4.63. The molecule has 2 aromatic rings. The topological polar surface area (TPSA) is 58.6 Å². The van der Waals surface area contributed by atoms with Gasteiger partial charge in [-0.15, -0.1) is 0 Å². The first-order valence-electron chi connectivity index (χ1n) is 9.50. The number of carbonyl (C=O) groups excluding carboxylic acids is 2. The second kappa shape index (κ2) is 11.3. The van der Waals surface area contributed by atoms with Gasteiger partial charge in [-0.25, -0.2) is 0 Å². The molecule has 0 unspecified atom stereocenters. The molecule has 0 saturated heterocycles. The standard InChI is InChI=1S/C22H27ClN2O3/c1-3-14-24-22(27)17(2)25(15-13-18-7-5-4-6-8-18)21(26)16-28-20-11-9-19(23)10-12-20/h4-12,17H,3,13-16H2,1-2H3,(H,24,27)/t17-/m0/s1. The predicted molar refractivity (Wildman–Crippen MR) is 112 cm³/mol. The number of nitrogens with zero attached hydrogens (tertiary/aromatic N) is 1. The van der Waals surface area contributed by atoms with Crippen molar-refractivity contribution < 1.29 is 14.3 Å². The Morgan fingerprint density at radius 2 is 1.79 bits per heavy atom. The lowest BCUT2D eigenvalue weighted by molar-refractivity contribution is -0.141. The van der Waals surface area contributed by atoms with E-state index in [1.807, 2.05) is 37.3 Å². The zero-order valence-electron chi connectivity index (χ0n) is 16.4. The molecule has 2 rings (SSSR count). The van der Waals surface area contributed by atoms with Crippen molar-refractivity contribution in [2.45, 2.75) is 32.7 Å². The van der Waals surface area contributed by atoms with Crippen LogP contribution < -0.4 is 10.1 Å². The lowest BCUT2D eigenvalue weighted by Crippen LogP contribution is -2.50. The Morgan fingerprint density at radius 1 is 1.11 bits per heavy atom. The van der Waals surface area contributed by atoms with E-state index in [4.69, 9.17) is 16.3 Å². The average Bonchev–Trinajstić information content (AvgIpc) is 2.72. The summed E-state index contributed by atoms with van der Waals surface area (Å²) in [6.07, 6.45) is 1.51. The molecule has 0 fully saturated rings. The SMILES string of the molecule is CCCNC(=O)[C@H](C)N(CCc1ccccc1)C(=O)COc1ccc(Cl)cc1. The number of hydrogen-bond acceptors (Lipinski definition) is 3. The summed E-state index contributed by atoms with van der Waals surface area (Å²) in [6.45, 7) is 4.62. The van der Waals surface area contributed by atoms with Crippen molar-refractivity contribution in [2.75, 3.05) is 19.7 Å². The van der Waals surface area contributed by atoms with Gasteiger partial charge in [0, 0.05) is 18.1 Å². The number of hydrogen-bond donors (Lipinski definition) is 1. The van der Waals surface area contributed by atoms with Crippen LogP contribution in [0, 0.1) is 0 Å². The maximum absolute atomic E-state index is 12.8. The molecule has 0 aliphatic carbocycles. The van der Waals surface area contributed by atoms with Crippen LogP contribution in [-0.4, -0.2) is 42.5 Å². The number of ether oxygens (including phenoxy) is 1. The lowest BCUT2D eigenvalue weighted by atomic mass is 10.1. The van der Waals surface area contributed by atoms with Gasteiger partial charge >= 0.3 is 0 Å². The first-order valence-corrected chi connectivity index (χ1v) is 9.88. The Hall–Kier alpha value is -2.53. The highest BCUT2D eigenvalue weighted by atomic mass is 35.5. The summed E-state index contributed by atoms with van der Waals surface area (Å²) in [4.78, 5) is 26.8. The van der Waals surface area contributed by atoms with Crippen LogP contribution in [0.15, 0.2) is 54.6 Å². The van der Waals surface area contributed by atoms with Crippen molar-refractivity contribution in [1.82, 2.24) is 10.2 Å². The summed E-state index contributed by atoms with van der Waals surface area (Å²) < 4.78 is 5.59. The first kappa shape index (κ1) is 21.8. The van der Waals surface area contributed by atoms with E-state index < -0.39 is 6.04 Å². The number of nitrogens with one attached hydrogen (secondary N) is 1. The number of rotatable bonds is 10. The first-order chi connectivity index (χ1) is 13.5. The molecule has 0 bridgehead atoms. The van der Waals surface area contributed by atoms with Crippen molar-refractivity contribution in [3.8, 4) is 5.75 Å². The Bertz CT molecular complexity index is 750. The minimum Gasteiger partial charge on any atom is -0.484 e. The summed E-state index contributed by atoms with van der Waals surface area (Å²) in [5.41, 5.74) is 1.11. The molecule has 0 spiro atoms. The quantitative estimate of drug-likeness (QED) is 0.659. The molecule has 0 aliphatic heterocycles. The van der Waals surface area contributed by atoms with Crippen LogP contribution in [0.2, 0.25) is 5.02 Å². The zero-order valence-corrected chi connectivity index (χ0v) is 17.1. The molecule has 5 nitrogen and oxygen atoms in total. The van der Waals surface area contributed by atoms with E-state index in [9.17, 15) is 9.59 Å². The molecule has 0 radical (unpaired) electrons. The van der Waals surface area contributed by atoms with Crippen LogP contribution in [0.4, 0.5) is 0 Å². The van der Waals surface area contributed by atoms with Gasteiger partial charge in [-0.1, -0.05) is 48.9 Å². The molecular formula is C22H27ClN2O3. The van der Waals surface area contributed by atoms with E-state index >= 15 is 0 Å². The number of benzene rings is 2. The maximum atomic E-state index is 12.8. The fraction of sp³-hybridized carbons (Fsp3) is 0.364. The Labute approximate surface area is 171 Å². The van der Waals surface area contributed by atoms with Gasteiger partial charge in [0.2, 0.25) is 5.91 Å². The molecule has 0 aliphatic rings. The largest absolute Gasteiger partial charge is 0.484 e. The van der Waals surface area contributed by atoms with E-state index in [2.05, 4.69) is 5.32 Å². The second-order valence-corrected chi connectivity index (χ2v) is 6.97. The maximum Gasteiger partial charge on any atom is 0.261 e. The van der Waals surface area contributed by atoms with Gasteiger partial charge in [0.15, 0.2) is 6.61 Å². The number of carbonyl (C=O) groups is 2. The molecule has 0 heterocycles. The van der Waals surface area contributed by atoms with Crippen LogP contribution in [0.1, 0.15) is 25.8 Å². The average molecular weight is 403 g/mol. The predicted octanol–water partition coefficient (Wildman–Crippen LogP) is 3.70. The summed E-state index contributed by atoms with van der Waals surface area (Å²) in [5, 5.41) is 3.46. The van der Waals surface area contributed by atoms with Gasteiger partial charge in [0.25, 0.3) is 5.91 Å². The van der Waals surface area contributed by atoms with Gasteiger partial charge in [-0.05, 0) is 49.6 Å². The summed E-state index contributed by atoms with van der Waals surface area (Å²) in [6, 6.07) is 16.1. The third-order valence-electron chi connectivity index (χ3n) is 4.38. The minimum absolute atomic E-state index is 0.137. The Morgan fingerprint density at radius 3 is 2.43 bits per heavy atom. The van der Waals surface area contributed by atoms with Gasteiger partial charge in [-0.3, -0.25) is 9.59 Å². The molecule has 1 N–H and O–H groups in total. The molecule has 6 heteroatoms. The van der Waals surface area contributed by atoms with Crippen molar-refractivity contribution in [2.24, 2.45) is 0 Å². The molecule has 150 valence electrons. The van der Waals surface area contributed by atoms with Gasteiger partial charge in [-0.2, -0.15) is 0 Å². The minimum atomic E-state index is -0.573. The van der Waals surface area contributed by atoms with Crippen molar-refractivity contribution in [3.05, 3.63) is 65.2 Å². The lowest BCUT2D eigenvalue weighted by Gasteiger charge is -2.28. The normalized spacial score (nSPS) is 11.5. The van der Waals surface area contributed by atoms with Crippen molar-refractivity contribution in [1.29, 1.82) is 0 Å². The van der Waals surface area contributed by atoms with Crippen LogP contribution in [0.25, 0.3) is 0 Å². The van der Waals surface area contributed by atoms with E-state index in [0.717, 1.165) is 12.0 Å². The smallest absolute Gasteiger partial charge is 0.261 e. The van der Waals surface area contributed by atoms with Gasteiger partial charge < -0.3 is 15.0 Å². The molecule has 0 saturated carbocycles. The number of amides is 2. The Balaban J connectivity index is 2.03. The van der Waals surface area contributed by atoms with Crippen LogP contribution in [0.5, 0.6) is 5.75 Å². The highest BCUT2D eigenvalue weighted by Gasteiger charge is 2.25. The van der Waals surface area contributed by atoms with Crippen LogP contribution in [0.3, 0.4) is 0 Å². The number of halogens is 1. The van der Waals surface area contributed by atoms with Crippen LogP contribution in [-0.2, 0) is 16.0 Å². The highest BCUT2D eigenvalue weighted by Crippen LogP contribution is 2.16. The molecular weight excluding hydrogens is 376 g/mol. The summed E-state index contributed by atoms with van der Waals surface area (Å²) in [5.74, 6) is 0.170. The molecule has 2 amide bonds. The zero-order chi connectivity index (χ0) is 20.4. The van der Waals surface area contributed by atoms with Crippen LogP contribution >= 0.6 is 11.6 Å². The van der Waals surface area contributed by atoms with E-state index in [-0.39, 0.29) is 18.4 Å². The fourth-order valence-electron chi connectivity index (χ4n) is 2.72. The third kappa shape index (κ3) is 6.89. The summed E-state index contributed by atoms with van der Waals surface area (Å²) in [7, 11) is 0. The van der Waals surface area contributed by atoms with Gasteiger partial charge in [0.1, 0.15) is 11.8 Å². The molecule has 28 heavy (non-hydrogen) atoms. The fourth-order valence-corrected chi connectivity index (χ4v) is 2.85. The monoisotopic (exact) mass is 402 g/mol. The summed E-state index contributed by atoms with van der Waals surface area (Å²) >= 11 is 5.87. The highest BCUT2D eigenvalue weighted by molar-refractivity contribution is 6.30. The van der Waals surface area contributed by atoms with E-state index in [1.54, 1.807) is 36.1 Å². The van der Waals surface area contributed by atoms with Gasteiger partial charge in [0.05, 0.1) is 0 Å². The van der Waals surface area contributed by atoms with Crippen molar-refractivity contribution >= 4 is 23.4 Å². The molecule has 0 aromatic heterocycles. The Kier molecular flexibility index (Phi) is 8.82. The molecule has 1 atom stereocenters. The van der Waals surface area contributed by atoms with E-state index in [1.165, 1.54) is 0 Å². The van der Waals surface area contributed by atoms with Crippen molar-refractivity contribution in [3.63, 3.8) is 0 Å². The second-order valence-electron chi connectivity index (χ2n) is 6.53. The van der Waals surface area contributed by atoms with E-state index in [0.29, 0.717) is 30.3 Å².